The molecule has 2 saturated carbocycles. The lowest BCUT2D eigenvalue weighted by Gasteiger charge is -2.32. The third-order valence-corrected chi connectivity index (χ3v) is 8.86. The second-order valence-electron chi connectivity index (χ2n) is 11.1. The Hall–Kier alpha value is -2.77. The standard InChI is InChI=1S/C29H35ClN6O/c1-4-22(28-34-32-16-35(28)3)21-12-26(20-8-9-20)33-27(13-21)36-15-24-23(29(36)37)10-18(11-25(24)30)14-31-17(2)19-6-5-7-19/h10-13,16-17,19-20,22,31H,4-9,14-15H2,1-3H3/t17-,22-/m0/s1. The highest BCUT2D eigenvalue weighted by Crippen LogP contribution is 2.42. The fourth-order valence-electron chi connectivity index (χ4n) is 5.75. The van der Waals surface area contributed by atoms with E-state index in [2.05, 4.69) is 41.5 Å². The molecule has 2 atom stereocenters. The topological polar surface area (TPSA) is 75.9 Å². The van der Waals surface area contributed by atoms with Crippen molar-refractivity contribution in [3.8, 4) is 0 Å². The molecule has 7 nitrogen and oxygen atoms in total. The van der Waals surface area contributed by atoms with E-state index in [0.29, 0.717) is 41.5 Å². The van der Waals surface area contributed by atoms with Crippen molar-refractivity contribution < 1.29 is 4.79 Å². The molecule has 3 aliphatic rings. The molecule has 0 saturated heterocycles. The summed E-state index contributed by atoms with van der Waals surface area (Å²) in [7, 11) is 1.98. The smallest absolute Gasteiger partial charge is 0.260 e. The number of benzene rings is 1. The van der Waals surface area contributed by atoms with Crippen LogP contribution >= 0.6 is 11.6 Å². The summed E-state index contributed by atoms with van der Waals surface area (Å²) in [4.78, 5) is 20.5. The van der Waals surface area contributed by atoms with Gasteiger partial charge < -0.3 is 9.88 Å². The first-order chi connectivity index (χ1) is 17.9. The first-order valence-corrected chi connectivity index (χ1v) is 14.0. The molecular weight excluding hydrogens is 484 g/mol. The quantitative estimate of drug-likeness (QED) is 0.392. The van der Waals surface area contributed by atoms with Crippen LogP contribution in [0.3, 0.4) is 0 Å². The van der Waals surface area contributed by atoms with Crippen molar-refractivity contribution in [2.75, 3.05) is 4.90 Å². The number of nitrogens with one attached hydrogen (secondary N) is 1. The molecule has 0 radical (unpaired) electrons. The maximum atomic E-state index is 13.7. The summed E-state index contributed by atoms with van der Waals surface area (Å²) >= 11 is 6.75. The lowest BCUT2D eigenvalue weighted by atomic mass is 9.80. The molecule has 1 aromatic carbocycles. The van der Waals surface area contributed by atoms with Gasteiger partial charge in [0.1, 0.15) is 18.0 Å². The molecule has 2 fully saturated rings. The summed E-state index contributed by atoms with van der Waals surface area (Å²) in [6.45, 7) is 5.58. The number of carbonyl (C=O) groups excluding carboxylic acids is 1. The van der Waals surface area contributed by atoms with Gasteiger partial charge in [0.05, 0.1) is 6.54 Å². The van der Waals surface area contributed by atoms with E-state index in [1.54, 1.807) is 11.2 Å². The van der Waals surface area contributed by atoms with Crippen molar-refractivity contribution in [1.82, 2.24) is 25.1 Å². The predicted octanol–water partition coefficient (Wildman–Crippen LogP) is 5.72. The molecule has 8 heteroatoms. The van der Waals surface area contributed by atoms with Crippen LogP contribution in [0.2, 0.25) is 5.02 Å². The molecule has 0 spiro atoms. The van der Waals surface area contributed by atoms with Crippen molar-refractivity contribution in [2.24, 2.45) is 13.0 Å². The van der Waals surface area contributed by atoms with Crippen LogP contribution in [0.15, 0.2) is 30.6 Å². The summed E-state index contributed by atoms with van der Waals surface area (Å²) in [5, 5.41) is 12.8. The Bertz CT molecular complexity index is 1330. The Morgan fingerprint density at radius 3 is 2.62 bits per heavy atom. The first-order valence-electron chi connectivity index (χ1n) is 13.6. The van der Waals surface area contributed by atoms with Crippen molar-refractivity contribution in [1.29, 1.82) is 0 Å². The lowest BCUT2D eigenvalue weighted by molar-refractivity contribution is 0.0995. The number of aromatic nitrogens is 4. The number of nitrogens with zero attached hydrogens (tertiary/aromatic N) is 5. The van der Waals surface area contributed by atoms with Crippen LogP contribution in [-0.2, 0) is 20.1 Å². The van der Waals surface area contributed by atoms with Gasteiger partial charge in [0.25, 0.3) is 5.91 Å². The van der Waals surface area contributed by atoms with Gasteiger partial charge in [-0.2, -0.15) is 0 Å². The van der Waals surface area contributed by atoms with Crippen molar-refractivity contribution >= 4 is 23.3 Å². The zero-order valence-corrected chi connectivity index (χ0v) is 22.6. The fraction of sp³-hybridized carbons (Fsp3) is 0.517. The van der Waals surface area contributed by atoms with Gasteiger partial charge >= 0.3 is 0 Å². The summed E-state index contributed by atoms with van der Waals surface area (Å²) in [6.07, 6.45) is 8.85. The molecule has 2 aromatic heterocycles. The lowest BCUT2D eigenvalue weighted by Crippen LogP contribution is -2.36. The SMILES string of the molecule is CC[C@@H](c1cc(C2CC2)nc(N2Cc3c(Cl)cc(CN[C@@H](C)C4CCC4)cc3C2=O)c1)c1nncn1C. The van der Waals surface area contributed by atoms with Crippen LogP contribution in [0, 0.1) is 5.92 Å². The van der Waals surface area contributed by atoms with E-state index in [4.69, 9.17) is 16.6 Å². The molecular formula is C29H35ClN6O. The van der Waals surface area contributed by atoms with Gasteiger partial charge in [-0.3, -0.25) is 9.69 Å². The Balaban J connectivity index is 1.29. The first kappa shape index (κ1) is 24.6. The highest BCUT2D eigenvalue weighted by atomic mass is 35.5. The fourth-order valence-corrected chi connectivity index (χ4v) is 6.05. The Morgan fingerprint density at radius 1 is 1.16 bits per heavy atom. The molecule has 3 aromatic rings. The van der Waals surface area contributed by atoms with Gasteiger partial charge in [-0.05, 0) is 80.3 Å². The summed E-state index contributed by atoms with van der Waals surface area (Å²) in [6, 6.07) is 8.77. The van der Waals surface area contributed by atoms with Gasteiger partial charge in [-0.15, -0.1) is 10.2 Å². The van der Waals surface area contributed by atoms with E-state index in [0.717, 1.165) is 53.4 Å². The molecule has 194 valence electrons. The molecule has 1 N–H and O–H groups in total. The third-order valence-electron chi connectivity index (χ3n) is 8.53. The van der Waals surface area contributed by atoms with Crippen molar-refractivity contribution in [3.05, 3.63) is 69.4 Å². The number of aryl methyl sites for hydroxylation is 1. The maximum Gasteiger partial charge on any atom is 0.260 e. The minimum absolute atomic E-state index is 0.0242. The van der Waals surface area contributed by atoms with Crippen LogP contribution in [0.4, 0.5) is 5.82 Å². The highest BCUT2D eigenvalue weighted by molar-refractivity contribution is 6.32. The number of pyridine rings is 1. The number of anilines is 1. The van der Waals surface area contributed by atoms with E-state index >= 15 is 0 Å². The minimum Gasteiger partial charge on any atom is -0.320 e. The molecule has 3 heterocycles. The zero-order chi connectivity index (χ0) is 25.7. The molecule has 0 unspecified atom stereocenters. The Kier molecular flexibility index (Phi) is 6.53. The number of amides is 1. The van der Waals surface area contributed by atoms with E-state index < -0.39 is 0 Å². The zero-order valence-electron chi connectivity index (χ0n) is 21.9. The van der Waals surface area contributed by atoms with E-state index in [1.807, 2.05) is 23.7 Å². The molecule has 0 bridgehead atoms. The van der Waals surface area contributed by atoms with Gasteiger partial charge in [0.2, 0.25) is 0 Å². The van der Waals surface area contributed by atoms with Crippen LogP contribution in [0.25, 0.3) is 0 Å². The van der Waals surface area contributed by atoms with Gasteiger partial charge in [0.15, 0.2) is 0 Å². The highest BCUT2D eigenvalue weighted by Gasteiger charge is 2.34. The monoisotopic (exact) mass is 518 g/mol. The van der Waals surface area contributed by atoms with Crippen LogP contribution in [0.5, 0.6) is 0 Å². The van der Waals surface area contributed by atoms with Crippen molar-refractivity contribution in [2.45, 2.75) is 83.3 Å². The van der Waals surface area contributed by atoms with Gasteiger partial charge in [0, 0.05) is 53.3 Å². The Labute approximate surface area is 223 Å². The Morgan fingerprint density at radius 2 is 1.97 bits per heavy atom. The summed E-state index contributed by atoms with van der Waals surface area (Å²) in [5.41, 5.74) is 4.84. The number of hydrogen-bond acceptors (Lipinski definition) is 5. The third kappa shape index (κ3) is 4.68. The predicted molar refractivity (Wildman–Crippen MR) is 145 cm³/mol. The summed E-state index contributed by atoms with van der Waals surface area (Å²) < 4.78 is 1.98. The van der Waals surface area contributed by atoms with Crippen LogP contribution in [0.1, 0.15) is 103 Å². The number of carbonyl (C=O) groups is 1. The van der Waals surface area contributed by atoms with Gasteiger partial charge in [-0.1, -0.05) is 24.9 Å². The minimum atomic E-state index is -0.0242. The molecule has 1 amide bonds. The average Bonchev–Trinajstić information content (AvgIpc) is 3.54. The number of fused-ring (bicyclic) bond motifs is 1. The second kappa shape index (κ2) is 9.84. The van der Waals surface area contributed by atoms with E-state index in [1.165, 1.54) is 19.3 Å². The van der Waals surface area contributed by atoms with Crippen LogP contribution in [-0.4, -0.2) is 31.7 Å². The number of hydrogen-bond donors (Lipinski definition) is 1. The molecule has 1 aliphatic heterocycles. The molecule has 37 heavy (non-hydrogen) atoms. The molecule has 2 aliphatic carbocycles. The largest absolute Gasteiger partial charge is 0.320 e. The van der Waals surface area contributed by atoms with E-state index in [-0.39, 0.29) is 11.8 Å². The van der Waals surface area contributed by atoms with Crippen molar-refractivity contribution in [3.63, 3.8) is 0 Å². The van der Waals surface area contributed by atoms with Gasteiger partial charge in [-0.25, -0.2) is 4.98 Å². The summed E-state index contributed by atoms with van der Waals surface area (Å²) in [5.74, 6) is 2.92. The number of rotatable bonds is 9. The maximum absolute atomic E-state index is 13.7. The normalized spacial score (nSPS) is 19.1. The second-order valence-corrected chi connectivity index (χ2v) is 11.5. The van der Waals surface area contributed by atoms with E-state index in [9.17, 15) is 4.79 Å². The number of halogens is 1. The van der Waals surface area contributed by atoms with Crippen LogP contribution < -0.4 is 10.2 Å². The average molecular weight is 519 g/mol. The molecule has 6 rings (SSSR count).